The average molecular weight is 397 g/mol. The van der Waals surface area contributed by atoms with Crippen molar-refractivity contribution >= 4 is 34.0 Å². The van der Waals surface area contributed by atoms with E-state index in [0.717, 1.165) is 16.8 Å². The van der Waals surface area contributed by atoms with Crippen molar-refractivity contribution in [2.45, 2.75) is 27.4 Å². The molecule has 3 rings (SSSR count). The standard InChI is InChI=1S/C20H19N3O4S/c1-13-4-5-18(14(2)10-13)23(15(3)24)20-21-17(12-28-20)11-27-19(25)16-6-8-22(26)9-7-16/h4-10,12H,11H2,1-3H3. The minimum atomic E-state index is -0.548. The van der Waals surface area contributed by atoms with Crippen molar-refractivity contribution in [1.82, 2.24) is 4.98 Å². The molecule has 1 aromatic carbocycles. The summed E-state index contributed by atoms with van der Waals surface area (Å²) in [6, 6.07) is 8.62. The Hall–Kier alpha value is -3.26. The molecule has 0 fully saturated rings. The third-order valence-corrected chi connectivity index (χ3v) is 4.90. The number of hydrogen-bond acceptors (Lipinski definition) is 6. The van der Waals surface area contributed by atoms with Crippen LogP contribution in [0.3, 0.4) is 0 Å². The minimum Gasteiger partial charge on any atom is -0.619 e. The monoisotopic (exact) mass is 397 g/mol. The van der Waals surface area contributed by atoms with Crippen LogP contribution in [-0.4, -0.2) is 16.9 Å². The molecule has 0 unspecified atom stereocenters. The van der Waals surface area contributed by atoms with E-state index in [0.29, 0.717) is 15.6 Å². The summed E-state index contributed by atoms with van der Waals surface area (Å²) in [5.74, 6) is -0.701. The second-order valence-corrected chi connectivity index (χ2v) is 7.13. The number of aryl methyl sites for hydroxylation is 2. The number of thiazole rings is 1. The first-order valence-electron chi connectivity index (χ1n) is 8.53. The number of aromatic nitrogens is 2. The molecule has 0 bridgehead atoms. The molecule has 7 nitrogen and oxygen atoms in total. The number of esters is 1. The molecule has 0 saturated carbocycles. The summed E-state index contributed by atoms with van der Waals surface area (Å²) in [5.41, 5.74) is 3.67. The minimum absolute atomic E-state index is 0.0276. The maximum absolute atomic E-state index is 12.2. The molecular formula is C20H19N3O4S. The second kappa shape index (κ2) is 8.18. The first-order chi connectivity index (χ1) is 13.3. The Morgan fingerprint density at radius 1 is 1.21 bits per heavy atom. The highest BCUT2D eigenvalue weighted by atomic mass is 32.1. The fraction of sp³-hybridized carbons (Fsp3) is 0.200. The number of ether oxygens (including phenoxy) is 1. The number of hydrogen-bond donors (Lipinski definition) is 0. The van der Waals surface area contributed by atoms with E-state index in [1.165, 1.54) is 42.8 Å². The van der Waals surface area contributed by atoms with E-state index in [1.54, 1.807) is 10.3 Å². The maximum atomic E-state index is 12.2. The molecule has 0 spiro atoms. The summed E-state index contributed by atoms with van der Waals surface area (Å²) in [6.07, 6.45) is 2.46. The lowest BCUT2D eigenvalue weighted by Gasteiger charge is -2.20. The Labute approximate surface area is 166 Å². The highest BCUT2D eigenvalue weighted by Gasteiger charge is 2.20. The maximum Gasteiger partial charge on any atom is 0.338 e. The first-order valence-corrected chi connectivity index (χ1v) is 9.41. The van der Waals surface area contributed by atoms with Gasteiger partial charge < -0.3 is 9.94 Å². The molecule has 144 valence electrons. The number of carbonyl (C=O) groups is 2. The van der Waals surface area contributed by atoms with Crippen LogP contribution in [0.2, 0.25) is 0 Å². The Kier molecular flexibility index (Phi) is 5.70. The first kappa shape index (κ1) is 19.5. The van der Waals surface area contributed by atoms with Crippen LogP contribution in [0.1, 0.15) is 34.1 Å². The number of pyridine rings is 1. The van der Waals surface area contributed by atoms with Crippen LogP contribution >= 0.6 is 11.3 Å². The van der Waals surface area contributed by atoms with Crippen molar-refractivity contribution in [2.24, 2.45) is 0 Å². The molecule has 2 heterocycles. The Bertz CT molecular complexity index is 1010. The van der Waals surface area contributed by atoms with Crippen LogP contribution in [0.5, 0.6) is 0 Å². The van der Waals surface area contributed by atoms with Crippen LogP contribution in [0, 0.1) is 19.1 Å². The fourth-order valence-electron chi connectivity index (χ4n) is 2.70. The molecule has 2 aromatic heterocycles. The summed E-state index contributed by atoms with van der Waals surface area (Å²) < 4.78 is 5.83. The molecular weight excluding hydrogens is 378 g/mol. The SMILES string of the molecule is CC(=O)N(c1nc(COC(=O)c2cc[n+]([O-])cc2)cs1)c1ccc(C)cc1C. The van der Waals surface area contributed by atoms with Crippen molar-refractivity contribution in [3.63, 3.8) is 0 Å². The summed E-state index contributed by atoms with van der Waals surface area (Å²) in [5, 5.41) is 13.3. The highest BCUT2D eigenvalue weighted by molar-refractivity contribution is 7.14. The third kappa shape index (κ3) is 4.34. The van der Waals surface area contributed by atoms with E-state index in [9.17, 15) is 14.8 Å². The van der Waals surface area contributed by atoms with Gasteiger partial charge in [0.15, 0.2) is 17.5 Å². The topological polar surface area (TPSA) is 86.4 Å². The van der Waals surface area contributed by atoms with Gasteiger partial charge in [-0.15, -0.1) is 11.3 Å². The molecule has 3 aromatic rings. The van der Waals surface area contributed by atoms with Gasteiger partial charge in [-0.1, -0.05) is 17.7 Å². The van der Waals surface area contributed by atoms with Crippen molar-refractivity contribution in [3.8, 4) is 0 Å². The second-order valence-electron chi connectivity index (χ2n) is 6.29. The van der Waals surface area contributed by atoms with Gasteiger partial charge in [0, 0.05) is 24.4 Å². The fourth-order valence-corrected chi connectivity index (χ4v) is 3.57. The van der Waals surface area contributed by atoms with E-state index in [4.69, 9.17) is 4.74 Å². The van der Waals surface area contributed by atoms with Crippen molar-refractivity contribution in [2.75, 3.05) is 4.90 Å². The van der Waals surface area contributed by atoms with Crippen LogP contribution in [-0.2, 0) is 16.1 Å². The Morgan fingerprint density at radius 3 is 2.57 bits per heavy atom. The average Bonchev–Trinajstić information content (AvgIpc) is 3.10. The Balaban J connectivity index is 1.75. The number of rotatable bonds is 5. The predicted octanol–water partition coefficient (Wildman–Crippen LogP) is 3.43. The molecule has 28 heavy (non-hydrogen) atoms. The van der Waals surface area contributed by atoms with Gasteiger partial charge in [0.1, 0.15) is 6.61 Å². The van der Waals surface area contributed by atoms with Crippen molar-refractivity contribution in [3.05, 3.63) is 75.7 Å². The lowest BCUT2D eigenvalue weighted by Crippen LogP contribution is -2.24. The molecule has 0 aliphatic carbocycles. The van der Waals surface area contributed by atoms with E-state index in [1.807, 2.05) is 32.0 Å². The molecule has 0 N–H and O–H groups in total. The molecule has 8 heteroatoms. The van der Waals surface area contributed by atoms with Crippen LogP contribution in [0.4, 0.5) is 10.8 Å². The number of nitrogens with zero attached hydrogens (tertiary/aromatic N) is 3. The molecule has 0 radical (unpaired) electrons. The summed E-state index contributed by atoms with van der Waals surface area (Å²) >= 11 is 1.30. The molecule has 0 atom stereocenters. The molecule has 0 aliphatic heterocycles. The zero-order chi connectivity index (χ0) is 20.3. The molecule has 0 aliphatic rings. The zero-order valence-corrected chi connectivity index (χ0v) is 16.5. The third-order valence-electron chi connectivity index (χ3n) is 4.03. The largest absolute Gasteiger partial charge is 0.619 e. The van der Waals surface area contributed by atoms with E-state index in [2.05, 4.69) is 4.98 Å². The van der Waals surface area contributed by atoms with Gasteiger partial charge in [0.2, 0.25) is 5.91 Å². The Morgan fingerprint density at radius 2 is 1.93 bits per heavy atom. The zero-order valence-electron chi connectivity index (χ0n) is 15.7. The van der Waals surface area contributed by atoms with Crippen molar-refractivity contribution in [1.29, 1.82) is 0 Å². The van der Waals surface area contributed by atoms with Gasteiger partial charge in [0.25, 0.3) is 0 Å². The number of amides is 1. The summed E-state index contributed by atoms with van der Waals surface area (Å²) in [7, 11) is 0. The summed E-state index contributed by atoms with van der Waals surface area (Å²) in [4.78, 5) is 30.3. The van der Waals surface area contributed by atoms with Crippen LogP contribution in [0.25, 0.3) is 0 Å². The van der Waals surface area contributed by atoms with Crippen LogP contribution < -0.4 is 9.63 Å². The smallest absolute Gasteiger partial charge is 0.338 e. The normalized spacial score (nSPS) is 10.5. The van der Waals surface area contributed by atoms with Gasteiger partial charge in [-0.25, -0.2) is 9.78 Å². The van der Waals surface area contributed by atoms with Gasteiger partial charge in [-0.2, -0.15) is 4.73 Å². The number of benzene rings is 1. The lowest BCUT2D eigenvalue weighted by molar-refractivity contribution is -0.605. The summed E-state index contributed by atoms with van der Waals surface area (Å²) in [6.45, 7) is 5.40. The lowest BCUT2D eigenvalue weighted by atomic mass is 10.1. The quantitative estimate of drug-likeness (QED) is 0.374. The number of carbonyl (C=O) groups excluding carboxylic acids is 2. The predicted molar refractivity (Wildman–Crippen MR) is 105 cm³/mol. The van der Waals surface area contributed by atoms with Gasteiger partial charge in [-0.05, 0) is 25.5 Å². The van der Waals surface area contributed by atoms with Gasteiger partial charge in [-0.3, -0.25) is 9.69 Å². The molecule has 0 saturated heterocycles. The van der Waals surface area contributed by atoms with E-state index in [-0.39, 0.29) is 18.1 Å². The highest BCUT2D eigenvalue weighted by Crippen LogP contribution is 2.31. The van der Waals surface area contributed by atoms with Crippen LogP contribution in [0.15, 0.2) is 48.1 Å². The van der Waals surface area contributed by atoms with Gasteiger partial charge in [0.05, 0.1) is 16.9 Å². The van der Waals surface area contributed by atoms with E-state index >= 15 is 0 Å². The number of anilines is 2. The van der Waals surface area contributed by atoms with E-state index < -0.39 is 5.97 Å². The molecule has 1 amide bonds. The van der Waals surface area contributed by atoms with Crippen molar-refractivity contribution < 1.29 is 19.1 Å². The van der Waals surface area contributed by atoms with Gasteiger partial charge >= 0.3 is 5.97 Å².